The second-order valence-corrected chi connectivity index (χ2v) is 4.67. The third-order valence-electron chi connectivity index (χ3n) is 3.41. The Hall–Kier alpha value is -2.15. The van der Waals surface area contributed by atoms with E-state index in [9.17, 15) is 14.9 Å². The molecule has 0 atom stereocenters. The Morgan fingerprint density at radius 2 is 1.95 bits per heavy atom. The Balaban J connectivity index is 1.90. The Bertz CT molecular complexity index is 481. The van der Waals surface area contributed by atoms with Gasteiger partial charge in [0.1, 0.15) is 5.75 Å². The number of amides is 1. The van der Waals surface area contributed by atoms with Crippen molar-refractivity contribution >= 4 is 11.8 Å². The number of hydrogen-bond donors (Lipinski definition) is 1. The van der Waals surface area contributed by atoms with Crippen molar-refractivity contribution in [3.8, 4) is 5.75 Å². The lowest BCUT2D eigenvalue weighted by Crippen LogP contribution is -2.45. The number of nitro benzene ring substituents is 1. The van der Waals surface area contributed by atoms with Crippen LogP contribution < -0.4 is 10.1 Å². The molecule has 0 radical (unpaired) electrons. The van der Waals surface area contributed by atoms with Gasteiger partial charge in [-0.1, -0.05) is 0 Å². The average Bonchev–Trinajstić information content (AvgIpc) is 2.48. The molecule has 0 bridgehead atoms. The van der Waals surface area contributed by atoms with Gasteiger partial charge >= 0.3 is 6.09 Å². The number of non-ortho nitro benzene ring substituents is 1. The topological polar surface area (TPSA) is 84.7 Å². The molecule has 0 aliphatic carbocycles. The lowest BCUT2D eigenvalue weighted by Gasteiger charge is -2.30. The zero-order valence-corrected chi connectivity index (χ0v) is 11.2. The average molecular weight is 279 g/mol. The molecule has 2 rings (SSSR count). The van der Waals surface area contributed by atoms with Crippen molar-refractivity contribution in [1.29, 1.82) is 0 Å². The summed E-state index contributed by atoms with van der Waals surface area (Å²) in [6, 6.07) is 5.93. The van der Waals surface area contributed by atoms with Gasteiger partial charge in [0.05, 0.1) is 4.92 Å². The third kappa shape index (κ3) is 3.45. The van der Waals surface area contributed by atoms with E-state index in [0.717, 1.165) is 12.8 Å². The summed E-state index contributed by atoms with van der Waals surface area (Å²) in [7, 11) is 1.91. The van der Waals surface area contributed by atoms with Gasteiger partial charge in [0.2, 0.25) is 0 Å². The number of rotatable bonds is 3. The molecule has 1 heterocycles. The maximum absolute atomic E-state index is 11.9. The van der Waals surface area contributed by atoms with Crippen LogP contribution in [0, 0.1) is 10.1 Å². The SMILES string of the molecule is CNC1CCN(C(=O)Oc2ccc([N+](=O)[O-])cc2)CC1. The van der Waals surface area contributed by atoms with Crippen LogP contribution in [-0.2, 0) is 0 Å². The van der Waals surface area contributed by atoms with E-state index in [1.165, 1.54) is 24.3 Å². The van der Waals surface area contributed by atoms with Crippen LogP contribution in [0.15, 0.2) is 24.3 Å². The molecule has 108 valence electrons. The van der Waals surface area contributed by atoms with E-state index in [0.29, 0.717) is 24.9 Å². The Kier molecular flexibility index (Phi) is 4.52. The number of benzene rings is 1. The van der Waals surface area contributed by atoms with Crippen molar-refractivity contribution in [2.75, 3.05) is 20.1 Å². The normalized spacial score (nSPS) is 15.9. The van der Waals surface area contributed by atoms with Gasteiger partial charge in [-0.25, -0.2) is 4.79 Å². The van der Waals surface area contributed by atoms with E-state index in [4.69, 9.17) is 4.74 Å². The fraction of sp³-hybridized carbons (Fsp3) is 0.462. The van der Waals surface area contributed by atoms with Crippen molar-refractivity contribution < 1.29 is 14.5 Å². The first kappa shape index (κ1) is 14.3. The molecule has 1 aromatic carbocycles. The largest absolute Gasteiger partial charge is 0.415 e. The van der Waals surface area contributed by atoms with Crippen LogP contribution in [0.2, 0.25) is 0 Å². The van der Waals surface area contributed by atoms with Crippen molar-refractivity contribution in [2.45, 2.75) is 18.9 Å². The molecular formula is C13H17N3O4. The van der Waals surface area contributed by atoms with E-state index < -0.39 is 11.0 Å². The molecule has 20 heavy (non-hydrogen) atoms. The van der Waals surface area contributed by atoms with Gasteiger partial charge in [-0.3, -0.25) is 10.1 Å². The van der Waals surface area contributed by atoms with Crippen LogP contribution in [0.5, 0.6) is 5.75 Å². The van der Waals surface area contributed by atoms with Gasteiger partial charge in [-0.05, 0) is 32.0 Å². The lowest BCUT2D eigenvalue weighted by molar-refractivity contribution is -0.384. The maximum atomic E-state index is 11.9. The quantitative estimate of drug-likeness (QED) is 0.673. The number of carbonyl (C=O) groups is 1. The predicted molar refractivity (Wildman–Crippen MR) is 72.8 cm³/mol. The van der Waals surface area contributed by atoms with Crippen molar-refractivity contribution in [3.05, 3.63) is 34.4 Å². The highest BCUT2D eigenvalue weighted by Gasteiger charge is 2.23. The molecule has 0 saturated carbocycles. The molecule has 0 aromatic heterocycles. The number of nitrogens with one attached hydrogen (secondary N) is 1. The van der Waals surface area contributed by atoms with Crippen molar-refractivity contribution in [3.63, 3.8) is 0 Å². The molecule has 0 spiro atoms. The van der Waals surface area contributed by atoms with E-state index in [2.05, 4.69) is 5.32 Å². The second-order valence-electron chi connectivity index (χ2n) is 4.67. The van der Waals surface area contributed by atoms with Crippen LogP contribution in [-0.4, -0.2) is 42.1 Å². The number of hydrogen-bond acceptors (Lipinski definition) is 5. The molecule has 1 N–H and O–H groups in total. The zero-order valence-electron chi connectivity index (χ0n) is 11.2. The number of nitrogens with zero attached hydrogens (tertiary/aromatic N) is 2. The Morgan fingerprint density at radius 3 is 2.45 bits per heavy atom. The number of likely N-dealkylation sites (tertiary alicyclic amines) is 1. The highest BCUT2D eigenvalue weighted by Crippen LogP contribution is 2.19. The summed E-state index contributed by atoms with van der Waals surface area (Å²) in [6.45, 7) is 1.30. The van der Waals surface area contributed by atoms with Crippen molar-refractivity contribution in [2.24, 2.45) is 0 Å². The molecular weight excluding hydrogens is 262 g/mol. The summed E-state index contributed by atoms with van der Waals surface area (Å²) in [5, 5.41) is 13.7. The summed E-state index contributed by atoms with van der Waals surface area (Å²) in [5.74, 6) is 0.316. The zero-order chi connectivity index (χ0) is 14.5. The standard InChI is InChI=1S/C13H17N3O4/c1-14-10-6-8-15(9-7-10)13(17)20-12-4-2-11(3-5-12)16(18)19/h2-5,10,14H,6-9H2,1H3. The summed E-state index contributed by atoms with van der Waals surface area (Å²) in [5.41, 5.74) is -0.0281. The van der Waals surface area contributed by atoms with Gasteiger partial charge in [-0.15, -0.1) is 0 Å². The van der Waals surface area contributed by atoms with E-state index in [1.807, 2.05) is 7.05 Å². The van der Waals surface area contributed by atoms with Crippen LogP contribution in [0.4, 0.5) is 10.5 Å². The molecule has 1 aliphatic rings. The molecule has 1 aromatic rings. The fourth-order valence-corrected chi connectivity index (χ4v) is 2.15. The highest BCUT2D eigenvalue weighted by molar-refractivity contribution is 5.70. The summed E-state index contributed by atoms with van der Waals surface area (Å²) in [4.78, 5) is 23.6. The van der Waals surface area contributed by atoms with Gasteiger partial charge in [0.15, 0.2) is 0 Å². The third-order valence-corrected chi connectivity index (χ3v) is 3.41. The van der Waals surface area contributed by atoms with Gasteiger partial charge in [-0.2, -0.15) is 0 Å². The summed E-state index contributed by atoms with van der Waals surface area (Å²) >= 11 is 0. The molecule has 1 amide bonds. The predicted octanol–water partition coefficient (Wildman–Crippen LogP) is 1.78. The Morgan fingerprint density at radius 1 is 1.35 bits per heavy atom. The molecule has 7 nitrogen and oxygen atoms in total. The highest BCUT2D eigenvalue weighted by atomic mass is 16.6. The maximum Gasteiger partial charge on any atom is 0.415 e. The molecule has 1 aliphatic heterocycles. The van der Waals surface area contributed by atoms with Gasteiger partial charge < -0.3 is 15.0 Å². The number of carbonyl (C=O) groups excluding carboxylic acids is 1. The number of nitro groups is 1. The minimum Gasteiger partial charge on any atom is -0.410 e. The first-order valence-corrected chi connectivity index (χ1v) is 6.48. The molecule has 7 heteroatoms. The Labute approximate surface area is 116 Å². The fourth-order valence-electron chi connectivity index (χ4n) is 2.15. The molecule has 0 unspecified atom stereocenters. The number of ether oxygens (including phenoxy) is 1. The van der Waals surface area contributed by atoms with Gasteiger partial charge in [0.25, 0.3) is 5.69 Å². The van der Waals surface area contributed by atoms with Crippen LogP contribution in [0.3, 0.4) is 0 Å². The summed E-state index contributed by atoms with van der Waals surface area (Å²) < 4.78 is 5.20. The second kappa shape index (κ2) is 6.33. The van der Waals surface area contributed by atoms with Crippen LogP contribution in [0.1, 0.15) is 12.8 Å². The summed E-state index contributed by atoms with van der Waals surface area (Å²) in [6.07, 6.45) is 1.38. The minimum atomic E-state index is -0.492. The molecule has 1 fully saturated rings. The minimum absolute atomic E-state index is 0.0281. The first-order valence-electron chi connectivity index (χ1n) is 6.48. The van der Waals surface area contributed by atoms with Gasteiger partial charge in [0, 0.05) is 31.3 Å². The lowest BCUT2D eigenvalue weighted by atomic mass is 10.1. The van der Waals surface area contributed by atoms with E-state index in [1.54, 1.807) is 4.90 Å². The van der Waals surface area contributed by atoms with Crippen LogP contribution >= 0.6 is 0 Å². The van der Waals surface area contributed by atoms with E-state index in [-0.39, 0.29) is 5.69 Å². The number of piperidine rings is 1. The molecule has 1 saturated heterocycles. The first-order chi connectivity index (χ1) is 9.60. The van der Waals surface area contributed by atoms with Crippen LogP contribution in [0.25, 0.3) is 0 Å². The van der Waals surface area contributed by atoms with Crippen molar-refractivity contribution in [1.82, 2.24) is 10.2 Å². The van der Waals surface area contributed by atoms with E-state index >= 15 is 0 Å². The monoisotopic (exact) mass is 279 g/mol. The smallest absolute Gasteiger partial charge is 0.410 e.